The van der Waals surface area contributed by atoms with Crippen molar-refractivity contribution in [3.05, 3.63) is 29.8 Å². The molecule has 1 aromatic rings. The highest BCUT2D eigenvalue weighted by molar-refractivity contribution is 5.54. The van der Waals surface area contributed by atoms with Gasteiger partial charge in [0.1, 0.15) is 6.29 Å². The smallest absolute Gasteiger partial charge is 0.216 e. The molecule has 0 aliphatic rings. The summed E-state index contributed by atoms with van der Waals surface area (Å²) in [6, 6.07) is 3.14. The van der Waals surface area contributed by atoms with Crippen molar-refractivity contribution >= 4 is 6.29 Å². The molecule has 0 amide bonds. The van der Waals surface area contributed by atoms with Gasteiger partial charge in [0.15, 0.2) is 0 Å². The molecule has 0 radical (unpaired) electrons. The van der Waals surface area contributed by atoms with Crippen LogP contribution in [0.3, 0.4) is 0 Å². The fourth-order valence-corrected chi connectivity index (χ4v) is 0.661. The van der Waals surface area contributed by atoms with E-state index < -0.39 is 5.95 Å². The molecule has 2 nitrogen and oxygen atoms in total. The van der Waals surface area contributed by atoms with Gasteiger partial charge in [0.05, 0.1) is 0 Å². The second-order valence-corrected chi connectivity index (χ2v) is 1.82. The number of aromatic nitrogens is 1. The molecule has 0 bridgehead atoms. The van der Waals surface area contributed by atoms with Gasteiger partial charge in [-0.25, -0.2) is 4.98 Å². The van der Waals surface area contributed by atoms with Gasteiger partial charge in [-0.2, -0.15) is 4.39 Å². The van der Waals surface area contributed by atoms with Crippen molar-refractivity contribution < 1.29 is 9.18 Å². The van der Waals surface area contributed by atoms with Crippen LogP contribution in [0.1, 0.15) is 5.56 Å². The first-order valence-electron chi connectivity index (χ1n) is 2.87. The van der Waals surface area contributed by atoms with Crippen LogP contribution in [0.15, 0.2) is 18.3 Å². The van der Waals surface area contributed by atoms with Gasteiger partial charge >= 0.3 is 0 Å². The second-order valence-electron chi connectivity index (χ2n) is 1.82. The molecule has 1 aromatic heterocycles. The van der Waals surface area contributed by atoms with Gasteiger partial charge in [0.25, 0.3) is 0 Å². The number of nitrogens with zero attached hydrogens (tertiary/aromatic N) is 1. The number of aldehydes is 1. The Kier molecular flexibility index (Phi) is 2.10. The van der Waals surface area contributed by atoms with E-state index in [0.717, 1.165) is 0 Å². The number of carbonyl (C=O) groups excluding carboxylic acids is 1. The molecule has 0 unspecified atom stereocenters. The Balaban J connectivity index is 2.91. The first-order valence-corrected chi connectivity index (χ1v) is 2.87. The van der Waals surface area contributed by atoms with Crippen LogP contribution in [0.4, 0.5) is 4.39 Å². The number of rotatable bonds is 2. The fourth-order valence-electron chi connectivity index (χ4n) is 0.661. The third kappa shape index (κ3) is 1.37. The van der Waals surface area contributed by atoms with E-state index in [4.69, 9.17) is 0 Å². The van der Waals surface area contributed by atoms with Crippen molar-refractivity contribution in [2.45, 2.75) is 6.42 Å². The molecule has 0 aliphatic carbocycles. The lowest BCUT2D eigenvalue weighted by atomic mass is 10.2. The Morgan fingerprint density at radius 3 is 3.10 bits per heavy atom. The summed E-state index contributed by atoms with van der Waals surface area (Å²) in [6.45, 7) is 0. The predicted octanol–water partition coefficient (Wildman–Crippen LogP) is 0.962. The first kappa shape index (κ1) is 6.86. The maximum atomic E-state index is 12.5. The molecule has 0 aromatic carbocycles. The number of pyridine rings is 1. The standard InChI is InChI=1S/C7H6FNO/c8-7-6(3-5-10)2-1-4-9-7/h1-2,4-5H,3H2. The van der Waals surface area contributed by atoms with Crippen molar-refractivity contribution in [2.24, 2.45) is 0 Å². The maximum absolute atomic E-state index is 12.5. The molecule has 0 aliphatic heterocycles. The molecular weight excluding hydrogens is 133 g/mol. The van der Waals surface area contributed by atoms with E-state index in [2.05, 4.69) is 4.98 Å². The zero-order valence-electron chi connectivity index (χ0n) is 5.25. The first-order chi connectivity index (χ1) is 4.84. The van der Waals surface area contributed by atoms with E-state index >= 15 is 0 Å². The maximum Gasteiger partial charge on any atom is 0.216 e. The quantitative estimate of drug-likeness (QED) is 0.451. The summed E-state index contributed by atoms with van der Waals surface area (Å²) >= 11 is 0. The lowest BCUT2D eigenvalue weighted by Crippen LogP contribution is -1.92. The summed E-state index contributed by atoms with van der Waals surface area (Å²) in [5.41, 5.74) is 0.345. The molecule has 10 heavy (non-hydrogen) atoms. The van der Waals surface area contributed by atoms with Crippen molar-refractivity contribution in [1.82, 2.24) is 4.98 Å². The van der Waals surface area contributed by atoms with Gasteiger partial charge in [-0.05, 0) is 6.07 Å². The van der Waals surface area contributed by atoms with Crippen molar-refractivity contribution in [1.29, 1.82) is 0 Å². The lowest BCUT2D eigenvalue weighted by molar-refractivity contribution is -0.107. The number of carbonyl (C=O) groups is 1. The van der Waals surface area contributed by atoms with Crippen LogP contribution < -0.4 is 0 Å². The molecule has 1 rings (SSSR count). The summed E-state index contributed by atoms with van der Waals surface area (Å²) in [5, 5.41) is 0. The Hall–Kier alpha value is -1.25. The summed E-state index contributed by atoms with van der Waals surface area (Å²) in [6.07, 6.45) is 2.10. The molecule has 1 heterocycles. The van der Waals surface area contributed by atoms with E-state index in [1.165, 1.54) is 12.3 Å². The topological polar surface area (TPSA) is 30.0 Å². The molecule has 0 spiro atoms. The molecule has 3 heteroatoms. The van der Waals surface area contributed by atoms with Crippen LogP contribution in [-0.2, 0) is 11.2 Å². The lowest BCUT2D eigenvalue weighted by Gasteiger charge is -1.93. The van der Waals surface area contributed by atoms with Crippen molar-refractivity contribution in [3.63, 3.8) is 0 Å². The molecule has 0 saturated carbocycles. The predicted molar refractivity (Wildman–Crippen MR) is 34.0 cm³/mol. The van der Waals surface area contributed by atoms with Crippen molar-refractivity contribution in [2.75, 3.05) is 0 Å². The molecular formula is C7H6FNO. The summed E-state index contributed by atoms with van der Waals surface area (Å²) < 4.78 is 12.5. The molecule has 0 N–H and O–H groups in total. The van der Waals surface area contributed by atoms with Crippen molar-refractivity contribution in [3.8, 4) is 0 Å². The monoisotopic (exact) mass is 139 g/mol. The van der Waals surface area contributed by atoms with E-state index in [9.17, 15) is 9.18 Å². The average Bonchev–Trinajstić information content (AvgIpc) is 1.94. The minimum absolute atomic E-state index is 0.0969. The normalized spacial score (nSPS) is 9.30. The van der Waals surface area contributed by atoms with Gasteiger partial charge < -0.3 is 4.79 Å². The molecule has 0 fully saturated rings. The van der Waals surface area contributed by atoms with Gasteiger partial charge in [-0.15, -0.1) is 0 Å². The van der Waals surface area contributed by atoms with Gasteiger partial charge in [-0.1, -0.05) is 6.07 Å². The largest absolute Gasteiger partial charge is 0.303 e. The molecule has 52 valence electrons. The third-order valence-corrected chi connectivity index (χ3v) is 1.14. The SMILES string of the molecule is O=CCc1cccnc1F. The Morgan fingerprint density at radius 1 is 1.70 bits per heavy atom. The van der Waals surface area contributed by atoms with Crippen LogP contribution in [0.2, 0.25) is 0 Å². The van der Waals surface area contributed by atoms with Crippen LogP contribution in [0, 0.1) is 5.95 Å². The Morgan fingerprint density at radius 2 is 2.50 bits per heavy atom. The molecule has 0 atom stereocenters. The number of hydrogen-bond acceptors (Lipinski definition) is 2. The van der Waals surface area contributed by atoms with E-state index in [0.29, 0.717) is 11.8 Å². The minimum atomic E-state index is -0.561. The Labute approximate surface area is 57.7 Å². The highest BCUT2D eigenvalue weighted by Crippen LogP contribution is 2.01. The zero-order valence-corrected chi connectivity index (χ0v) is 5.25. The number of hydrogen-bond donors (Lipinski definition) is 0. The van der Waals surface area contributed by atoms with Crippen LogP contribution in [0.5, 0.6) is 0 Å². The van der Waals surface area contributed by atoms with E-state index in [-0.39, 0.29) is 6.42 Å². The zero-order chi connectivity index (χ0) is 7.40. The summed E-state index contributed by atoms with van der Waals surface area (Å²) in [5.74, 6) is -0.561. The van der Waals surface area contributed by atoms with E-state index in [1.54, 1.807) is 6.07 Å². The van der Waals surface area contributed by atoms with Crippen LogP contribution in [-0.4, -0.2) is 11.3 Å². The highest BCUT2D eigenvalue weighted by atomic mass is 19.1. The number of halogens is 1. The van der Waals surface area contributed by atoms with Crippen LogP contribution >= 0.6 is 0 Å². The minimum Gasteiger partial charge on any atom is -0.303 e. The Bertz CT molecular complexity index is 237. The van der Waals surface area contributed by atoms with Gasteiger partial charge in [0, 0.05) is 18.2 Å². The third-order valence-electron chi connectivity index (χ3n) is 1.14. The van der Waals surface area contributed by atoms with Gasteiger partial charge in [-0.3, -0.25) is 0 Å². The van der Waals surface area contributed by atoms with Crippen LogP contribution in [0.25, 0.3) is 0 Å². The van der Waals surface area contributed by atoms with Gasteiger partial charge in [0.2, 0.25) is 5.95 Å². The summed E-state index contributed by atoms with van der Waals surface area (Å²) in [7, 11) is 0. The second kappa shape index (κ2) is 3.06. The highest BCUT2D eigenvalue weighted by Gasteiger charge is 1.98. The van der Waals surface area contributed by atoms with E-state index in [1.807, 2.05) is 0 Å². The molecule has 0 saturated heterocycles. The fraction of sp³-hybridized carbons (Fsp3) is 0.143. The average molecular weight is 139 g/mol. The summed E-state index contributed by atoms with van der Waals surface area (Å²) in [4.78, 5) is 13.3.